The molecule has 1 fully saturated rings. The monoisotopic (exact) mass is 158 g/mol. The lowest BCUT2D eigenvalue weighted by Gasteiger charge is -2.38. The molecular formula is C8H18N2O. The molecule has 1 rings (SSSR count). The quantitative estimate of drug-likeness (QED) is 0.523. The first-order valence-corrected chi connectivity index (χ1v) is 4.32. The molecule has 1 heterocycles. The van der Waals surface area contributed by atoms with Gasteiger partial charge in [0.05, 0.1) is 6.10 Å². The standard InChI is InChI=1S/C8H18N2O/c1-8(7(11)6-9)4-2-3-5-10-8/h7,10-11H,2-6,9H2,1H3. The van der Waals surface area contributed by atoms with Crippen LogP contribution in [0.4, 0.5) is 0 Å². The summed E-state index contributed by atoms with van der Waals surface area (Å²) in [7, 11) is 0. The number of aliphatic hydroxyl groups is 1. The normalized spacial score (nSPS) is 35.2. The number of hydrogen-bond acceptors (Lipinski definition) is 3. The van der Waals surface area contributed by atoms with Crippen LogP contribution in [-0.4, -0.2) is 29.8 Å². The number of aliphatic hydroxyl groups excluding tert-OH is 1. The van der Waals surface area contributed by atoms with E-state index in [0.717, 1.165) is 13.0 Å². The van der Waals surface area contributed by atoms with Crippen LogP contribution in [0.5, 0.6) is 0 Å². The molecule has 4 N–H and O–H groups in total. The molecular weight excluding hydrogens is 140 g/mol. The van der Waals surface area contributed by atoms with E-state index < -0.39 is 6.10 Å². The van der Waals surface area contributed by atoms with Crippen molar-refractivity contribution < 1.29 is 5.11 Å². The average molecular weight is 158 g/mol. The van der Waals surface area contributed by atoms with Crippen LogP contribution in [0.1, 0.15) is 26.2 Å². The summed E-state index contributed by atoms with van der Waals surface area (Å²) in [5.74, 6) is 0. The minimum Gasteiger partial charge on any atom is -0.390 e. The van der Waals surface area contributed by atoms with Gasteiger partial charge in [0.1, 0.15) is 0 Å². The van der Waals surface area contributed by atoms with Gasteiger partial charge in [0, 0.05) is 12.1 Å². The number of hydrogen-bond donors (Lipinski definition) is 3. The molecule has 3 nitrogen and oxygen atoms in total. The zero-order chi connectivity index (χ0) is 8.32. The molecule has 0 aromatic heterocycles. The minimum atomic E-state index is -0.400. The highest BCUT2D eigenvalue weighted by molar-refractivity contribution is 4.93. The smallest absolute Gasteiger partial charge is 0.0840 e. The molecule has 0 aromatic rings. The van der Waals surface area contributed by atoms with Crippen LogP contribution >= 0.6 is 0 Å². The van der Waals surface area contributed by atoms with Crippen LogP contribution in [-0.2, 0) is 0 Å². The Labute approximate surface area is 68.0 Å². The van der Waals surface area contributed by atoms with Crippen molar-refractivity contribution in [2.24, 2.45) is 5.73 Å². The molecule has 66 valence electrons. The van der Waals surface area contributed by atoms with E-state index >= 15 is 0 Å². The highest BCUT2D eigenvalue weighted by Gasteiger charge is 2.32. The fourth-order valence-electron chi connectivity index (χ4n) is 1.62. The molecule has 3 heteroatoms. The van der Waals surface area contributed by atoms with Crippen molar-refractivity contribution in [3.8, 4) is 0 Å². The van der Waals surface area contributed by atoms with Crippen molar-refractivity contribution in [1.82, 2.24) is 5.32 Å². The Bertz CT molecular complexity index is 121. The van der Waals surface area contributed by atoms with Crippen LogP contribution in [0.2, 0.25) is 0 Å². The third-order valence-electron chi connectivity index (χ3n) is 2.61. The van der Waals surface area contributed by atoms with E-state index in [-0.39, 0.29) is 5.54 Å². The topological polar surface area (TPSA) is 58.3 Å². The Balaban J connectivity index is 2.49. The molecule has 0 amide bonds. The average Bonchev–Trinajstić information content (AvgIpc) is 2.04. The summed E-state index contributed by atoms with van der Waals surface area (Å²) >= 11 is 0. The maximum Gasteiger partial charge on any atom is 0.0840 e. The van der Waals surface area contributed by atoms with Gasteiger partial charge in [-0.1, -0.05) is 6.42 Å². The summed E-state index contributed by atoms with van der Waals surface area (Å²) in [6.45, 7) is 3.40. The van der Waals surface area contributed by atoms with Gasteiger partial charge in [-0.3, -0.25) is 0 Å². The third-order valence-corrected chi connectivity index (χ3v) is 2.61. The molecule has 2 atom stereocenters. The van der Waals surface area contributed by atoms with Crippen LogP contribution in [0.25, 0.3) is 0 Å². The zero-order valence-corrected chi connectivity index (χ0v) is 7.14. The lowest BCUT2D eigenvalue weighted by Crippen LogP contribution is -2.56. The van der Waals surface area contributed by atoms with Crippen molar-refractivity contribution in [2.45, 2.75) is 37.8 Å². The fourth-order valence-corrected chi connectivity index (χ4v) is 1.62. The Kier molecular flexibility index (Phi) is 2.87. The van der Waals surface area contributed by atoms with Crippen molar-refractivity contribution >= 4 is 0 Å². The minimum absolute atomic E-state index is 0.132. The largest absolute Gasteiger partial charge is 0.390 e. The van der Waals surface area contributed by atoms with E-state index in [0.29, 0.717) is 6.54 Å². The summed E-state index contributed by atoms with van der Waals surface area (Å²) in [4.78, 5) is 0. The number of nitrogens with two attached hydrogens (primary N) is 1. The van der Waals surface area contributed by atoms with Gasteiger partial charge in [-0.05, 0) is 26.3 Å². The predicted molar refractivity (Wildman–Crippen MR) is 45.3 cm³/mol. The molecule has 1 aliphatic rings. The van der Waals surface area contributed by atoms with Crippen LogP contribution in [0.3, 0.4) is 0 Å². The molecule has 0 aromatic carbocycles. The van der Waals surface area contributed by atoms with Gasteiger partial charge in [0.15, 0.2) is 0 Å². The zero-order valence-electron chi connectivity index (χ0n) is 7.14. The molecule has 11 heavy (non-hydrogen) atoms. The maximum absolute atomic E-state index is 9.55. The Morgan fingerprint density at radius 3 is 2.82 bits per heavy atom. The van der Waals surface area contributed by atoms with Gasteiger partial charge in [-0.15, -0.1) is 0 Å². The first kappa shape index (κ1) is 8.97. The number of nitrogens with one attached hydrogen (secondary N) is 1. The Morgan fingerprint density at radius 1 is 1.64 bits per heavy atom. The molecule has 1 aliphatic heterocycles. The first-order valence-electron chi connectivity index (χ1n) is 4.32. The van der Waals surface area contributed by atoms with Gasteiger partial charge < -0.3 is 16.2 Å². The highest BCUT2D eigenvalue weighted by atomic mass is 16.3. The van der Waals surface area contributed by atoms with Crippen LogP contribution in [0.15, 0.2) is 0 Å². The Morgan fingerprint density at radius 2 is 2.36 bits per heavy atom. The molecule has 0 spiro atoms. The molecule has 0 radical (unpaired) electrons. The molecule has 2 unspecified atom stereocenters. The van der Waals surface area contributed by atoms with Crippen molar-refractivity contribution in [1.29, 1.82) is 0 Å². The van der Waals surface area contributed by atoms with Crippen molar-refractivity contribution in [2.75, 3.05) is 13.1 Å². The van der Waals surface area contributed by atoms with E-state index in [1.807, 2.05) is 6.92 Å². The van der Waals surface area contributed by atoms with Crippen LogP contribution in [0, 0.1) is 0 Å². The fraction of sp³-hybridized carbons (Fsp3) is 1.00. The van der Waals surface area contributed by atoms with Gasteiger partial charge in [-0.25, -0.2) is 0 Å². The summed E-state index contributed by atoms with van der Waals surface area (Å²) in [6, 6.07) is 0. The molecule has 0 bridgehead atoms. The van der Waals surface area contributed by atoms with E-state index in [9.17, 15) is 5.11 Å². The number of piperidine rings is 1. The number of rotatable bonds is 2. The first-order chi connectivity index (χ1) is 5.19. The van der Waals surface area contributed by atoms with Gasteiger partial charge in [0.2, 0.25) is 0 Å². The predicted octanol–water partition coefficient (Wildman–Crippen LogP) is -0.162. The van der Waals surface area contributed by atoms with Crippen molar-refractivity contribution in [3.05, 3.63) is 0 Å². The van der Waals surface area contributed by atoms with Gasteiger partial charge >= 0.3 is 0 Å². The summed E-state index contributed by atoms with van der Waals surface area (Å²) < 4.78 is 0. The second-order valence-corrected chi connectivity index (χ2v) is 3.55. The van der Waals surface area contributed by atoms with E-state index in [2.05, 4.69) is 5.32 Å². The summed E-state index contributed by atoms with van der Waals surface area (Å²) in [5.41, 5.74) is 5.27. The SMILES string of the molecule is CC1(C(O)CN)CCCCN1. The van der Waals surface area contributed by atoms with Gasteiger partial charge in [0.25, 0.3) is 0 Å². The van der Waals surface area contributed by atoms with E-state index in [1.165, 1.54) is 12.8 Å². The molecule has 0 saturated carbocycles. The second kappa shape index (κ2) is 3.52. The lowest BCUT2D eigenvalue weighted by molar-refractivity contribution is 0.0589. The summed E-state index contributed by atoms with van der Waals surface area (Å²) in [5, 5.41) is 12.9. The molecule has 0 aliphatic carbocycles. The second-order valence-electron chi connectivity index (χ2n) is 3.55. The highest BCUT2D eigenvalue weighted by Crippen LogP contribution is 2.21. The third kappa shape index (κ3) is 1.92. The Hall–Kier alpha value is -0.120. The summed E-state index contributed by atoms with van der Waals surface area (Å²) in [6.07, 6.45) is 3.04. The van der Waals surface area contributed by atoms with Gasteiger partial charge in [-0.2, -0.15) is 0 Å². The maximum atomic E-state index is 9.55. The molecule has 1 saturated heterocycles. The van der Waals surface area contributed by atoms with E-state index in [1.54, 1.807) is 0 Å². The van der Waals surface area contributed by atoms with Crippen LogP contribution < -0.4 is 11.1 Å². The lowest BCUT2D eigenvalue weighted by atomic mass is 9.86. The van der Waals surface area contributed by atoms with Crippen molar-refractivity contribution in [3.63, 3.8) is 0 Å². The van der Waals surface area contributed by atoms with E-state index in [4.69, 9.17) is 5.73 Å².